The SMILES string of the molecule is CCN1CCCC2=C[C@H]3C[C@H](CN4CCCC[C@H]34)[C@@H]21. The van der Waals surface area contributed by atoms with E-state index in [0.717, 1.165) is 23.9 Å². The van der Waals surface area contributed by atoms with E-state index < -0.39 is 0 Å². The Hall–Kier alpha value is -0.340. The van der Waals surface area contributed by atoms with Gasteiger partial charge in [0.25, 0.3) is 0 Å². The highest BCUT2D eigenvalue weighted by Crippen LogP contribution is 2.44. The smallest absolute Gasteiger partial charge is 0.0348 e. The molecule has 1 aliphatic carbocycles. The Morgan fingerprint density at radius 2 is 2.16 bits per heavy atom. The lowest BCUT2D eigenvalue weighted by Crippen LogP contribution is -2.59. The first kappa shape index (κ1) is 12.4. The van der Waals surface area contributed by atoms with E-state index in [4.69, 9.17) is 0 Å². The lowest BCUT2D eigenvalue weighted by Gasteiger charge is -2.54. The van der Waals surface area contributed by atoms with Gasteiger partial charge in [-0.3, -0.25) is 9.80 Å². The largest absolute Gasteiger partial charge is 0.299 e. The molecule has 0 aromatic carbocycles. The van der Waals surface area contributed by atoms with Gasteiger partial charge in [-0.05, 0) is 63.6 Å². The summed E-state index contributed by atoms with van der Waals surface area (Å²) in [6.45, 7) is 7.69. The minimum absolute atomic E-state index is 0.804. The maximum atomic E-state index is 2.85. The summed E-state index contributed by atoms with van der Waals surface area (Å²) in [5.41, 5.74) is 1.82. The highest BCUT2D eigenvalue weighted by molar-refractivity contribution is 5.24. The van der Waals surface area contributed by atoms with Gasteiger partial charge in [0.05, 0.1) is 0 Å². The first-order valence-electron chi connectivity index (χ1n) is 8.55. The van der Waals surface area contributed by atoms with Gasteiger partial charge in [-0.15, -0.1) is 0 Å². The molecule has 2 nitrogen and oxygen atoms in total. The van der Waals surface area contributed by atoms with E-state index in [0.29, 0.717) is 0 Å². The molecule has 106 valence electrons. The van der Waals surface area contributed by atoms with Crippen molar-refractivity contribution in [2.75, 3.05) is 26.2 Å². The van der Waals surface area contributed by atoms with Crippen molar-refractivity contribution in [3.05, 3.63) is 11.6 Å². The number of hydrogen-bond donors (Lipinski definition) is 0. The number of likely N-dealkylation sites (tertiary alicyclic amines) is 1. The fourth-order valence-corrected chi connectivity index (χ4v) is 5.44. The summed E-state index contributed by atoms with van der Waals surface area (Å²) < 4.78 is 0. The monoisotopic (exact) mass is 260 g/mol. The predicted molar refractivity (Wildman–Crippen MR) is 79.2 cm³/mol. The Morgan fingerprint density at radius 1 is 1.21 bits per heavy atom. The Balaban J connectivity index is 1.65. The van der Waals surface area contributed by atoms with Crippen LogP contribution in [0.25, 0.3) is 0 Å². The fraction of sp³-hybridized carbons (Fsp3) is 0.882. The molecule has 0 aromatic rings. The third kappa shape index (κ3) is 1.99. The second kappa shape index (κ2) is 4.89. The molecule has 0 aromatic heterocycles. The van der Waals surface area contributed by atoms with Crippen LogP contribution in [0.5, 0.6) is 0 Å². The van der Waals surface area contributed by atoms with Gasteiger partial charge in [-0.1, -0.05) is 25.0 Å². The van der Waals surface area contributed by atoms with Crippen LogP contribution in [0.1, 0.15) is 45.4 Å². The molecule has 0 spiro atoms. The number of piperidine rings is 3. The van der Waals surface area contributed by atoms with Crippen molar-refractivity contribution in [1.82, 2.24) is 9.80 Å². The van der Waals surface area contributed by atoms with Gasteiger partial charge in [-0.25, -0.2) is 0 Å². The molecule has 0 unspecified atom stereocenters. The normalized spacial score (nSPS) is 43.3. The van der Waals surface area contributed by atoms with Crippen LogP contribution in [0.4, 0.5) is 0 Å². The van der Waals surface area contributed by atoms with E-state index in [-0.39, 0.29) is 0 Å². The van der Waals surface area contributed by atoms with Crippen LogP contribution in [0.3, 0.4) is 0 Å². The van der Waals surface area contributed by atoms with Gasteiger partial charge in [0, 0.05) is 18.6 Å². The molecule has 0 radical (unpaired) electrons. The van der Waals surface area contributed by atoms with Crippen LogP contribution >= 0.6 is 0 Å². The lowest BCUT2D eigenvalue weighted by atomic mass is 9.68. The van der Waals surface area contributed by atoms with E-state index in [9.17, 15) is 0 Å². The molecular weight excluding hydrogens is 232 g/mol. The molecule has 2 heteroatoms. The highest BCUT2D eigenvalue weighted by Gasteiger charge is 2.45. The molecule has 4 atom stereocenters. The van der Waals surface area contributed by atoms with Crippen molar-refractivity contribution in [2.45, 2.75) is 57.5 Å². The number of hydrogen-bond acceptors (Lipinski definition) is 2. The molecule has 2 bridgehead atoms. The Kier molecular flexibility index (Phi) is 3.19. The number of rotatable bonds is 1. The quantitative estimate of drug-likeness (QED) is 0.669. The average Bonchev–Trinajstić information content (AvgIpc) is 2.46. The van der Waals surface area contributed by atoms with E-state index in [2.05, 4.69) is 22.8 Å². The van der Waals surface area contributed by atoms with Crippen molar-refractivity contribution in [1.29, 1.82) is 0 Å². The number of nitrogens with zero attached hydrogens (tertiary/aromatic N) is 2. The molecule has 0 amide bonds. The molecule has 3 saturated heterocycles. The van der Waals surface area contributed by atoms with E-state index in [1.54, 1.807) is 0 Å². The zero-order valence-corrected chi connectivity index (χ0v) is 12.4. The molecule has 3 fully saturated rings. The summed E-state index contributed by atoms with van der Waals surface area (Å²) in [6, 6.07) is 1.70. The molecular formula is C17H28N2. The topological polar surface area (TPSA) is 6.48 Å². The van der Waals surface area contributed by atoms with Gasteiger partial charge < -0.3 is 0 Å². The second-order valence-corrected chi connectivity index (χ2v) is 7.14. The molecule has 3 aliphatic heterocycles. The summed E-state index contributed by atoms with van der Waals surface area (Å²) in [7, 11) is 0. The minimum atomic E-state index is 0.804. The number of fused-ring (bicyclic) bond motifs is 6. The van der Waals surface area contributed by atoms with Crippen molar-refractivity contribution in [3.63, 3.8) is 0 Å². The first-order chi connectivity index (χ1) is 9.36. The minimum Gasteiger partial charge on any atom is -0.299 e. The summed E-state index contributed by atoms with van der Waals surface area (Å²) in [5.74, 6) is 1.82. The van der Waals surface area contributed by atoms with Gasteiger partial charge in [0.1, 0.15) is 0 Å². The van der Waals surface area contributed by atoms with Gasteiger partial charge in [0.2, 0.25) is 0 Å². The van der Waals surface area contributed by atoms with Gasteiger partial charge >= 0.3 is 0 Å². The lowest BCUT2D eigenvalue weighted by molar-refractivity contribution is 0.000595. The average molecular weight is 260 g/mol. The third-order valence-electron chi connectivity index (χ3n) is 6.17. The summed E-state index contributed by atoms with van der Waals surface area (Å²) in [5, 5.41) is 0. The molecule has 4 aliphatic rings. The van der Waals surface area contributed by atoms with E-state index in [1.807, 2.05) is 5.57 Å². The maximum Gasteiger partial charge on any atom is 0.0348 e. The molecule has 3 heterocycles. The predicted octanol–water partition coefficient (Wildman–Crippen LogP) is 2.90. The maximum absolute atomic E-state index is 2.85. The second-order valence-electron chi connectivity index (χ2n) is 7.14. The van der Waals surface area contributed by atoms with Crippen molar-refractivity contribution >= 4 is 0 Å². The Morgan fingerprint density at radius 3 is 3.05 bits per heavy atom. The third-order valence-corrected chi connectivity index (χ3v) is 6.17. The van der Waals surface area contributed by atoms with Crippen molar-refractivity contribution in [3.8, 4) is 0 Å². The fourth-order valence-electron chi connectivity index (χ4n) is 5.44. The van der Waals surface area contributed by atoms with Crippen LogP contribution in [0.15, 0.2) is 11.6 Å². The zero-order chi connectivity index (χ0) is 12.8. The Bertz CT molecular complexity index is 375. The van der Waals surface area contributed by atoms with Gasteiger partial charge in [-0.2, -0.15) is 0 Å². The molecule has 4 rings (SSSR count). The first-order valence-corrected chi connectivity index (χ1v) is 8.55. The molecule has 0 N–H and O–H groups in total. The van der Waals surface area contributed by atoms with Crippen molar-refractivity contribution < 1.29 is 0 Å². The van der Waals surface area contributed by atoms with E-state index in [1.165, 1.54) is 64.7 Å². The standard InChI is InChI=1S/C17H28N2/c1-2-18-9-5-6-13-10-14-11-15(17(13)18)12-19-8-4-3-7-16(14)19/h10,14-17H,2-9,11-12H2,1H3/t14-,15+,16+,17+/m0/s1. The van der Waals surface area contributed by atoms with Gasteiger partial charge in [0.15, 0.2) is 0 Å². The summed E-state index contributed by atoms with van der Waals surface area (Å²) >= 11 is 0. The van der Waals surface area contributed by atoms with Crippen molar-refractivity contribution in [2.24, 2.45) is 11.8 Å². The summed E-state index contributed by atoms with van der Waals surface area (Å²) in [6.07, 6.45) is 11.4. The van der Waals surface area contributed by atoms with Crippen LogP contribution < -0.4 is 0 Å². The summed E-state index contributed by atoms with van der Waals surface area (Å²) in [4.78, 5) is 5.61. The van der Waals surface area contributed by atoms with Crippen LogP contribution in [0.2, 0.25) is 0 Å². The molecule has 19 heavy (non-hydrogen) atoms. The van der Waals surface area contributed by atoms with Crippen LogP contribution in [0, 0.1) is 11.8 Å². The van der Waals surface area contributed by atoms with E-state index >= 15 is 0 Å². The molecule has 0 saturated carbocycles. The van der Waals surface area contributed by atoms with Crippen LogP contribution in [-0.2, 0) is 0 Å². The number of likely N-dealkylation sites (N-methyl/N-ethyl adjacent to an activating group) is 1. The zero-order valence-electron chi connectivity index (χ0n) is 12.4. The van der Waals surface area contributed by atoms with Crippen LogP contribution in [-0.4, -0.2) is 48.1 Å². The Labute approximate surface area is 117 Å². The highest BCUT2D eigenvalue weighted by atomic mass is 15.2.